The van der Waals surface area contributed by atoms with Crippen LogP contribution in [0.1, 0.15) is 30.1 Å². The molecule has 0 atom stereocenters. The van der Waals surface area contributed by atoms with Crippen molar-refractivity contribution in [3.8, 4) is 5.75 Å². The SMILES string of the molecule is Cn1nnnc1NC(=O)c1ccc(OC(F)(F)F)c(NC(=O)C2(C)CCOCC2)c1Cl. The van der Waals surface area contributed by atoms with E-state index in [1.54, 1.807) is 6.92 Å². The first-order chi connectivity index (χ1) is 14.5. The van der Waals surface area contributed by atoms with Gasteiger partial charge in [-0.3, -0.25) is 14.9 Å². The molecule has 31 heavy (non-hydrogen) atoms. The molecular formula is C17H18ClF3N6O4. The summed E-state index contributed by atoms with van der Waals surface area (Å²) >= 11 is 6.24. The van der Waals surface area contributed by atoms with E-state index >= 15 is 0 Å². The number of halogens is 4. The van der Waals surface area contributed by atoms with Crippen molar-refractivity contribution >= 4 is 35.1 Å². The molecule has 168 valence electrons. The molecule has 1 aromatic carbocycles. The fourth-order valence-electron chi connectivity index (χ4n) is 2.88. The number of aryl methyl sites for hydroxylation is 1. The van der Waals surface area contributed by atoms with Crippen molar-refractivity contribution in [2.75, 3.05) is 23.8 Å². The van der Waals surface area contributed by atoms with Crippen molar-refractivity contribution < 1.29 is 32.2 Å². The molecule has 1 fully saturated rings. The highest BCUT2D eigenvalue weighted by Gasteiger charge is 2.38. The monoisotopic (exact) mass is 462 g/mol. The standard InChI is InChI=1S/C17H18ClF3N6O4/c1-16(5-7-30-8-6-16)14(29)22-12-10(31-17(19,20)21)4-3-9(11(12)18)13(28)23-15-24-25-26-27(15)2/h3-4H,5-8H2,1-2H3,(H,22,29)(H,23,24,26,28). The molecule has 1 aromatic heterocycles. The largest absolute Gasteiger partial charge is 0.573 e. The summed E-state index contributed by atoms with van der Waals surface area (Å²) in [4.78, 5) is 25.4. The molecule has 1 aliphatic heterocycles. The minimum Gasteiger partial charge on any atom is -0.404 e. The summed E-state index contributed by atoms with van der Waals surface area (Å²) in [7, 11) is 1.47. The summed E-state index contributed by atoms with van der Waals surface area (Å²) < 4.78 is 49.0. The van der Waals surface area contributed by atoms with E-state index in [0.717, 1.165) is 12.1 Å². The van der Waals surface area contributed by atoms with Crippen molar-refractivity contribution in [1.29, 1.82) is 0 Å². The molecule has 0 radical (unpaired) electrons. The molecule has 0 unspecified atom stereocenters. The number of carbonyl (C=O) groups excluding carboxylic acids is 2. The van der Waals surface area contributed by atoms with Gasteiger partial charge in [-0.2, -0.15) is 0 Å². The second-order valence-corrected chi connectivity index (χ2v) is 7.43. The van der Waals surface area contributed by atoms with Gasteiger partial charge >= 0.3 is 6.36 Å². The fraction of sp³-hybridized carbons (Fsp3) is 0.471. The molecule has 2 amide bonds. The fourth-order valence-corrected chi connectivity index (χ4v) is 3.17. The Kier molecular flexibility index (Phi) is 6.36. The first-order valence-corrected chi connectivity index (χ1v) is 9.39. The van der Waals surface area contributed by atoms with Gasteiger partial charge in [0.15, 0.2) is 5.75 Å². The third-order valence-electron chi connectivity index (χ3n) is 4.80. The molecule has 2 aromatic rings. The summed E-state index contributed by atoms with van der Waals surface area (Å²) in [6, 6.07) is 1.93. The van der Waals surface area contributed by atoms with Gasteiger partial charge in [-0.05, 0) is 35.4 Å². The van der Waals surface area contributed by atoms with Gasteiger partial charge in [0, 0.05) is 20.3 Å². The smallest absolute Gasteiger partial charge is 0.404 e. The first-order valence-electron chi connectivity index (χ1n) is 9.01. The van der Waals surface area contributed by atoms with E-state index in [-0.39, 0.29) is 11.5 Å². The zero-order valence-electron chi connectivity index (χ0n) is 16.4. The Labute approximate surface area is 179 Å². The van der Waals surface area contributed by atoms with Crippen molar-refractivity contribution in [2.24, 2.45) is 12.5 Å². The number of aromatic nitrogens is 4. The number of rotatable bonds is 5. The number of alkyl halides is 3. The molecule has 0 aliphatic carbocycles. The molecule has 3 rings (SSSR count). The van der Waals surface area contributed by atoms with E-state index in [4.69, 9.17) is 16.3 Å². The second kappa shape index (κ2) is 8.67. The predicted octanol–water partition coefficient (Wildman–Crippen LogP) is 2.77. The number of carbonyl (C=O) groups is 2. The minimum atomic E-state index is -5.04. The molecular weight excluding hydrogens is 445 g/mol. The summed E-state index contributed by atoms with van der Waals surface area (Å²) in [5.74, 6) is -2.13. The second-order valence-electron chi connectivity index (χ2n) is 7.06. The Balaban J connectivity index is 1.95. The number of benzene rings is 1. The van der Waals surface area contributed by atoms with Gasteiger partial charge in [0.1, 0.15) is 5.69 Å². The average Bonchev–Trinajstić information content (AvgIpc) is 3.08. The summed E-state index contributed by atoms with van der Waals surface area (Å²) in [5, 5.41) is 14.9. The highest BCUT2D eigenvalue weighted by atomic mass is 35.5. The van der Waals surface area contributed by atoms with Gasteiger partial charge in [-0.1, -0.05) is 23.6 Å². The molecule has 0 bridgehead atoms. The van der Waals surface area contributed by atoms with Crippen LogP contribution in [0.3, 0.4) is 0 Å². The van der Waals surface area contributed by atoms with Gasteiger partial charge in [0.05, 0.1) is 16.0 Å². The highest BCUT2D eigenvalue weighted by molar-refractivity contribution is 6.37. The number of amides is 2. The molecule has 0 spiro atoms. The first kappa shape index (κ1) is 22.7. The van der Waals surface area contributed by atoms with Gasteiger partial charge in [-0.15, -0.1) is 13.2 Å². The third-order valence-corrected chi connectivity index (χ3v) is 5.20. The van der Waals surface area contributed by atoms with Crippen LogP contribution in [-0.2, 0) is 16.6 Å². The van der Waals surface area contributed by atoms with Crippen LogP contribution in [0, 0.1) is 5.41 Å². The van der Waals surface area contributed by atoms with Crippen molar-refractivity contribution in [3.63, 3.8) is 0 Å². The summed E-state index contributed by atoms with van der Waals surface area (Å²) in [6.45, 7) is 2.33. The van der Waals surface area contributed by atoms with Gasteiger partial charge in [0.25, 0.3) is 5.91 Å². The van der Waals surface area contributed by atoms with Gasteiger partial charge < -0.3 is 14.8 Å². The lowest BCUT2D eigenvalue weighted by atomic mass is 9.81. The number of tetrazole rings is 1. The topological polar surface area (TPSA) is 120 Å². The van der Waals surface area contributed by atoms with Crippen molar-refractivity contribution in [3.05, 3.63) is 22.7 Å². The Morgan fingerprint density at radius 3 is 2.52 bits per heavy atom. The van der Waals surface area contributed by atoms with Crippen LogP contribution in [0.4, 0.5) is 24.8 Å². The zero-order chi connectivity index (χ0) is 22.8. The number of nitrogens with zero attached hydrogens (tertiary/aromatic N) is 4. The normalized spacial score (nSPS) is 15.9. The van der Waals surface area contributed by atoms with E-state index in [9.17, 15) is 22.8 Å². The van der Waals surface area contributed by atoms with Gasteiger partial charge in [-0.25, -0.2) is 4.68 Å². The lowest BCUT2D eigenvalue weighted by molar-refractivity contribution is -0.274. The molecule has 2 heterocycles. The van der Waals surface area contributed by atoms with Crippen LogP contribution in [0.5, 0.6) is 5.75 Å². The van der Waals surface area contributed by atoms with E-state index < -0.39 is 40.1 Å². The third kappa shape index (κ3) is 5.22. The Morgan fingerprint density at radius 1 is 1.26 bits per heavy atom. The van der Waals surface area contributed by atoms with Crippen molar-refractivity contribution in [1.82, 2.24) is 20.2 Å². The number of hydrogen-bond acceptors (Lipinski definition) is 7. The van der Waals surface area contributed by atoms with Crippen LogP contribution in [0.25, 0.3) is 0 Å². The number of hydrogen-bond donors (Lipinski definition) is 2. The lowest BCUT2D eigenvalue weighted by Crippen LogP contribution is -2.38. The Hall–Kier alpha value is -2.93. The van der Waals surface area contributed by atoms with E-state index in [1.165, 1.54) is 11.7 Å². The number of nitrogens with one attached hydrogen (secondary N) is 2. The molecule has 10 nitrogen and oxygen atoms in total. The van der Waals surface area contributed by atoms with Crippen LogP contribution in [0.15, 0.2) is 12.1 Å². The Bertz CT molecular complexity index is 991. The highest BCUT2D eigenvalue weighted by Crippen LogP contribution is 2.40. The molecule has 2 N–H and O–H groups in total. The number of anilines is 2. The minimum absolute atomic E-state index is 0.0167. The van der Waals surface area contributed by atoms with Crippen LogP contribution in [0.2, 0.25) is 5.02 Å². The van der Waals surface area contributed by atoms with Crippen molar-refractivity contribution in [2.45, 2.75) is 26.1 Å². The van der Waals surface area contributed by atoms with E-state index in [1.807, 2.05) is 0 Å². The van der Waals surface area contributed by atoms with Crippen LogP contribution in [-0.4, -0.2) is 51.6 Å². The maximum Gasteiger partial charge on any atom is 0.573 e. The average molecular weight is 463 g/mol. The van der Waals surface area contributed by atoms with E-state index in [2.05, 4.69) is 30.9 Å². The van der Waals surface area contributed by atoms with Crippen LogP contribution >= 0.6 is 11.6 Å². The predicted molar refractivity (Wildman–Crippen MR) is 102 cm³/mol. The molecule has 0 saturated carbocycles. The van der Waals surface area contributed by atoms with Gasteiger partial charge in [0.2, 0.25) is 11.9 Å². The maximum atomic E-state index is 12.9. The summed E-state index contributed by atoms with van der Waals surface area (Å²) in [5.41, 5.74) is -1.58. The summed E-state index contributed by atoms with van der Waals surface area (Å²) in [6.07, 6.45) is -4.31. The molecule has 1 aliphatic rings. The Morgan fingerprint density at radius 2 is 1.94 bits per heavy atom. The van der Waals surface area contributed by atoms with Crippen LogP contribution < -0.4 is 15.4 Å². The lowest BCUT2D eigenvalue weighted by Gasteiger charge is -2.32. The van der Waals surface area contributed by atoms with E-state index in [0.29, 0.717) is 26.1 Å². The number of ether oxygens (including phenoxy) is 2. The molecule has 14 heteroatoms. The maximum absolute atomic E-state index is 12.9. The quantitative estimate of drug-likeness (QED) is 0.701. The zero-order valence-corrected chi connectivity index (χ0v) is 17.2. The molecule has 1 saturated heterocycles.